The molecule has 3 atom stereocenters. The molecule has 1 fully saturated rings. The summed E-state index contributed by atoms with van der Waals surface area (Å²) < 4.78 is 11.4. The minimum Gasteiger partial charge on any atom is -0.389 e. The van der Waals surface area contributed by atoms with Crippen molar-refractivity contribution in [2.24, 2.45) is 5.92 Å². The van der Waals surface area contributed by atoms with E-state index in [-0.39, 0.29) is 6.10 Å². The lowest BCUT2D eigenvalue weighted by Gasteiger charge is -2.28. The maximum absolute atomic E-state index is 10.3. The predicted octanol–water partition coefficient (Wildman–Crippen LogP) is 2.41. The van der Waals surface area contributed by atoms with Crippen molar-refractivity contribution in [1.82, 2.24) is 4.90 Å². The second kappa shape index (κ2) is 8.25. The van der Waals surface area contributed by atoms with Crippen LogP contribution in [0.5, 0.6) is 0 Å². The Morgan fingerprint density at radius 2 is 2.22 bits per heavy atom. The molecule has 3 unspecified atom stereocenters. The lowest BCUT2D eigenvalue weighted by molar-refractivity contribution is -0.0270. The van der Waals surface area contributed by atoms with Crippen LogP contribution < -0.4 is 0 Å². The summed E-state index contributed by atoms with van der Waals surface area (Å²) in [5, 5.41) is 10.3. The van der Waals surface area contributed by atoms with Gasteiger partial charge < -0.3 is 19.5 Å². The molecule has 0 radical (unpaired) electrons. The summed E-state index contributed by atoms with van der Waals surface area (Å²) in [5.41, 5.74) is 2.71. The highest BCUT2D eigenvalue weighted by atomic mass is 16.5. The largest absolute Gasteiger partial charge is 0.389 e. The smallest absolute Gasteiger partial charge is 0.0900 e. The van der Waals surface area contributed by atoms with Gasteiger partial charge in [0.05, 0.1) is 25.4 Å². The predicted molar refractivity (Wildman–Crippen MR) is 90.5 cm³/mol. The van der Waals surface area contributed by atoms with E-state index in [1.807, 2.05) is 0 Å². The molecule has 3 rings (SSSR count). The van der Waals surface area contributed by atoms with E-state index in [2.05, 4.69) is 36.2 Å². The SMILES string of the molecule is CN(CC(O)COC1CCCc2ccccc21)CC1CCOC1. The summed E-state index contributed by atoms with van der Waals surface area (Å²) in [6, 6.07) is 8.53. The van der Waals surface area contributed by atoms with E-state index in [1.54, 1.807) is 0 Å². The van der Waals surface area contributed by atoms with Crippen molar-refractivity contribution >= 4 is 0 Å². The summed E-state index contributed by atoms with van der Waals surface area (Å²) >= 11 is 0. The number of fused-ring (bicyclic) bond motifs is 1. The molecular formula is C19H29NO3. The van der Waals surface area contributed by atoms with Gasteiger partial charge in [-0.05, 0) is 49.8 Å². The molecule has 1 aliphatic carbocycles. The Kier molecular flexibility index (Phi) is 6.06. The van der Waals surface area contributed by atoms with Crippen LogP contribution in [-0.2, 0) is 15.9 Å². The Hall–Kier alpha value is -0.940. The number of hydrogen-bond acceptors (Lipinski definition) is 4. The molecule has 4 nitrogen and oxygen atoms in total. The number of benzene rings is 1. The van der Waals surface area contributed by atoms with Gasteiger partial charge in [0.2, 0.25) is 0 Å². The maximum Gasteiger partial charge on any atom is 0.0900 e. The van der Waals surface area contributed by atoms with Crippen LogP contribution in [0.4, 0.5) is 0 Å². The zero-order valence-corrected chi connectivity index (χ0v) is 14.1. The van der Waals surface area contributed by atoms with Gasteiger partial charge in [-0.3, -0.25) is 0 Å². The van der Waals surface area contributed by atoms with Crippen molar-refractivity contribution in [3.63, 3.8) is 0 Å². The number of aliphatic hydroxyl groups is 1. The molecule has 1 aromatic rings. The molecule has 128 valence electrons. The van der Waals surface area contributed by atoms with Crippen LogP contribution in [0.2, 0.25) is 0 Å². The van der Waals surface area contributed by atoms with E-state index in [1.165, 1.54) is 17.5 Å². The van der Waals surface area contributed by atoms with Gasteiger partial charge in [0, 0.05) is 19.7 Å². The fourth-order valence-electron chi connectivity index (χ4n) is 3.76. The lowest BCUT2D eigenvalue weighted by Crippen LogP contribution is -2.35. The average Bonchev–Trinajstić information content (AvgIpc) is 3.05. The molecule has 0 amide bonds. The van der Waals surface area contributed by atoms with E-state index in [9.17, 15) is 5.11 Å². The molecule has 0 spiro atoms. The third-order valence-electron chi connectivity index (χ3n) is 4.92. The third-order valence-corrected chi connectivity index (χ3v) is 4.92. The van der Waals surface area contributed by atoms with E-state index in [0.717, 1.165) is 39.0 Å². The number of aryl methyl sites for hydroxylation is 1. The number of nitrogens with zero attached hydrogens (tertiary/aromatic N) is 1. The first kappa shape index (κ1) is 16.9. The summed E-state index contributed by atoms with van der Waals surface area (Å²) in [6.07, 6.45) is 4.21. The number of aliphatic hydroxyl groups excluding tert-OH is 1. The second-order valence-electron chi connectivity index (χ2n) is 7.02. The van der Waals surface area contributed by atoms with Crippen LogP contribution in [-0.4, -0.2) is 56.1 Å². The van der Waals surface area contributed by atoms with Gasteiger partial charge in [-0.1, -0.05) is 24.3 Å². The molecule has 1 N–H and O–H groups in total. The number of hydrogen-bond donors (Lipinski definition) is 1. The number of ether oxygens (including phenoxy) is 2. The van der Waals surface area contributed by atoms with Crippen LogP contribution in [0.1, 0.15) is 36.5 Å². The van der Waals surface area contributed by atoms with Crippen molar-refractivity contribution in [3.8, 4) is 0 Å². The summed E-state index contributed by atoms with van der Waals surface area (Å²) in [4.78, 5) is 2.20. The van der Waals surface area contributed by atoms with Crippen LogP contribution >= 0.6 is 0 Å². The van der Waals surface area contributed by atoms with Gasteiger partial charge in [0.1, 0.15) is 0 Å². The Morgan fingerprint density at radius 3 is 3.04 bits per heavy atom. The van der Waals surface area contributed by atoms with Gasteiger partial charge in [0.15, 0.2) is 0 Å². The minimum absolute atomic E-state index is 0.142. The first-order chi connectivity index (χ1) is 11.2. The minimum atomic E-state index is -0.434. The monoisotopic (exact) mass is 319 g/mol. The van der Waals surface area contributed by atoms with E-state index < -0.39 is 6.10 Å². The number of rotatable bonds is 7. The molecule has 0 aromatic heterocycles. The van der Waals surface area contributed by atoms with Gasteiger partial charge >= 0.3 is 0 Å². The quantitative estimate of drug-likeness (QED) is 0.838. The molecular weight excluding hydrogens is 290 g/mol. The first-order valence-corrected chi connectivity index (χ1v) is 8.86. The van der Waals surface area contributed by atoms with E-state index in [4.69, 9.17) is 9.47 Å². The Labute approximate surface area is 139 Å². The highest BCUT2D eigenvalue weighted by Crippen LogP contribution is 2.32. The molecule has 1 heterocycles. The highest BCUT2D eigenvalue weighted by molar-refractivity contribution is 5.31. The molecule has 0 saturated carbocycles. The van der Waals surface area contributed by atoms with Crippen LogP contribution in [0.15, 0.2) is 24.3 Å². The number of likely N-dealkylation sites (N-methyl/N-ethyl adjacent to an activating group) is 1. The molecule has 1 aromatic carbocycles. The fraction of sp³-hybridized carbons (Fsp3) is 0.684. The highest BCUT2D eigenvalue weighted by Gasteiger charge is 2.22. The van der Waals surface area contributed by atoms with E-state index in [0.29, 0.717) is 19.1 Å². The van der Waals surface area contributed by atoms with Crippen molar-refractivity contribution in [1.29, 1.82) is 0 Å². The average molecular weight is 319 g/mol. The topological polar surface area (TPSA) is 41.9 Å². The molecule has 1 saturated heterocycles. The molecule has 1 aliphatic heterocycles. The first-order valence-electron chi connectivity index (χ1n) is 8.86. The third kappa shape index (κ3) is 4.77. The summed E-state index contributed by atoms with van der Waals surface area (Å²) in [5.74, 6) is 0.610. The molecule has 23 heavy (non-hydrogen) atoms. The zero-order valence-electron chi connectivity index (χ0n) is 14.1. The normalized spacial score (nSPS) is 25.5. The van der Waals surface area contributed by atoms with Crippen LogP contribution in [0.25, 0.3) is 0 Å². The molecule has 0 bridgehead atoms. The van der Waals surface area contributed by atoms with Gasteiger partial charge in [0.25, 0.3) is 0 Å². The summed E-state index contributed by atoms with van der Waals surface area (Å²) in [7, 11) is 2.07. The van der Waals surface area contributed by atoms with Crippen LogP contribution in [0, 0.1) is 5.92 Å². The van der Waals surface area contributed by atoms with Crippen molar-refractivity contribution in [3.05, 3.63) is 35.4 Å². The van der Waals surface area contributed by atoms with Crippen molar-refractivity contribution in [2.75, 3.05) is 40.0 Å². The van der Waals surface area contributed by atoms with Gasteiger partial charge in [-0.25, -0.2) is 0 Å². The maximum atomic E-state index is 10.3. The Bertz CT molecular complexity index is 487. The molecule has 2 aliphatic rings. The van der Waals surface area contributed by atoms with Crippen molar-refractivity contribution in [2.45, 2.75) is 37.9 Å². The second-order valence-corrected chi connectivity index (χ2v) is 7.02. The molecule has 4 heteroatoms. The van der Waals surface area contributed by atoms with Crippen LogP contribution in [0.3, 0.4) is 0 Å². The Balaban J connectivity index is 1.43. The summed E-state index contributed by atoms with van der Waals surface area (Å²) in [6.45, 7) is 3.79. The van der Waals surface area contributed by atoms with Gasteiger partial charge in [-0.15, -0.1) is 0 Å². The lowest BCUT2D eigenvalue weighted by atomic mass is 9.89. The zero-order chi connectivity index (χ0) is 16.1. The fourth-order valence-corrected chi connectivity index (χ4v) is 3.76. The van der Waals surface area contributed by atoms with E-state index >= 15 is 0 Å². The Morgan fingerprint density at radius 1 is 1.35 bits per heavy atom. The van der Waals surface area contributed by atoms with Gasteiger partial charge in [-0.2, -0.15) is 0 Å². The standard InChI is InChI=1S/C19H29NO3/c1-20(11-15-9-10-22-13-15)12-17(21)14-23-19-8-4-6-16-5-2-3-7-18(16)19/h2-3,5,7,15,17,19,21H,4,6,8-14H2,1H3. The van der Waals surface area contributed by atoms with Crippen molar-refractivity contribution < 1.29 is 14.6 Å².